The Hall–Kier alpha value is -2.67. The zero-order chi connectivity index (χ0) is 20.9. The van der Waals surface area contributed by atoms with Gasteiger partial charge in [0.2, 0.25) is 5.82 Å². The molecule has 154 valence electrons. The van der Waals surface area contributed by atoms with Crippen LogP contribution < -0.4 is 9.46 Å². The number of fused-ring (bicyclic) bond motifs is 1. The van der Waals surface area contributed by atoms with Gasteiger partial charge in [-0.05, 0) is 55.7 Å². The average Bonchev–Trinajstić information content (AvgIpc) is 2.69. The Morgan fingerprint density at radius 2 is 1.66 bits per heavy atom. The molecule has 7 heteroatoms. The molecule has 0 aliphatic carbocycles. The minimum Gasteiger partial charge on any atom is -0.475 e. The van der Waals surface area contributed by atoms with Gasteiger partial charge in [-0.2, -0.15) is 0 Å². The van der Waals surface area contributed by atoms with Crippen LogP contribution in [0.4, 0.5) is 5.82 Å². The number of nitrogens with zero attached hydrogens (tertiary/aromatic N) is 2. The third-order valence-electron chi connectivity index (χ3n) is 4.79. The normalized spacial score (nSPS) is 11.6. The summed E-state index contributed by atoms with van der Waals surface area (Å²) in [5.74, 6) is 0.310. The lowest BCUT2D eigenvalue weighted by atomic mass is 10.1. The number of aromatic nitrogens is 2. The fraction of sp³-hybridized carbons (Fsp3) is 0.364. The molecule has 1 N–H and O–H groups in total. The number of hydrogen-bond acceptors (Lipinski definition) is 5. The average molecular weight is 414 g/mol. The molecule has 29 heavy (non-hydrogen) atoms. The van der Waals surface area contributed by atoms with Gasteiger partial charge in [0.05, 0.1) is 22.5 Å². The fourth-order valence-corrected chi connectivity index (χ4v) is 4.00. The van der Waals surface area contributed by atoms with Crippen molar-refractivity contribution >= 4 is 26.9 Å². The molecule has 0 saturated carbocycles. The number of ether oxygens (including phenoxy) is 1. The van der Waals surface area contributed by atoms with Gasteiger partial charge < -0.3 is 4.74 Å². The summed E-state index contributed by atoms with van der Waals surface area (Å²) in [5, 5.41) is 0. The van der Waals surface area contributed by atoms with E-state index in [4.69, 9.17) is 4.74 Å². The molecule has 0 aliphatic heterocycles. The van der Waals surface area contributed by atoms with Gasteiger partial charge in [-0.25, -0.2) is 18.4 Å². The van der Waals surface area contributed by atoms with Crippen molar-refractivity contribution in [2.75, 3.05) is 11.3 Å². The maximum absolute atomic E-state index is 12.9. The Balaban J connectivity index is 1.91. The molecule has 1 aromatic heterocycles. The highest BCUT2D eigenvalue weighted by molar-refractivity contribution is 7.92. The molecule has 0 amide bonds. The van der Waals surface area contributed by atoms with Crippen molar-refractivity contribution in [1.82, 2.24) is 9.97 Å². The van der Waals surface area contributed by atoms with Crippen molar-refractivity contribution in [3.63, 3.8) is 0 Å². The highest BCUT2D eigenvalue weighted by Gasteiger charge is 2.20. The van der Waals surface area contributed by atoms with Crippen LogP contribution in [0.3, 0.4) is 0 Å². The Morgan fingerprint density at radius 3 is 2.34 bits per heavy atom. The first-order valence-corrected chi connectivity index (χ1v) is 11.4. The second-order valence-corrected chi connectivity index (χ2v) is 8.81. The standard InChI is InChI=1S/C22H27N3O3S/c1-4-5-6-9-14-28-22-21(23-19-10-7-8-11-20(19)24-22)25-29(26,27)18-13-12-16(2)17(3)15-18/h7-8,10-13,15H,4-6,9,14H2,1-3H3,(H,23,25). The van der Waals surface area contributed by atoms with Gasteiger partial charge in [-0.1, -0.05) is 44.4 Å². The Bertz CT molecular complexity index is 1100. The number of rotatable bonds is 9. The molecule has 3 aromatic rings. The number of hydrogen-bond donors (Lipinski definition) is 1. The van der Waals surface area contributed by atoms with Gasteiger partial charge in [0, 0.05) is 0 Å². The number of anilines is 1. The molecule has 0 atom stereocenters. The molecule has 6 nitrogen and oxygen atoms in total. The van der Waals surface area contributed by atoms with Crippen molar-refractivity contribution in [3.05, 3.63) is 53.6 Å². The van der Waals surface area contributed by atoms with E-state index in [2.05, 4.69) is 21.6 Å². The summed E-state index contributed by atoms with van der Waals surface area (Å²) in [6.07, 6.45) is 4.21. The summed E-state index contributed by atoms with van der Waals surface area (Å²) < 4.78 is 34.3. The molecular formula is C22H27N3O3S. The quantitative estimate of drug-likeness (QED) is 0.499. The number of benzene rings is 2. The lowest BCUT2D eigenvalue weighted by Gasteiger charge is -2.13. The largest absolute Gasteiger partial charge is 0.475 e. The maximum Gasteiger partial charge on any atom is 0.263 e. The van der Waals surface area contributed by atoms with Crippen molar-refractivity contribution in [2.45, 2.75) is 51.3 Å². The van der Waals surface area contributed by atoms with Gasteiger partial charge in [-0.3, -0.25) is 4.72 Å². The van der Waals surface area contributed by atoms with E-state index in [1.807, 2.05) is 32.0 Å². The van der Waals surface area contributed by atoms with Crippen LogP contribution in [-0.2, 0) is 10.0 Å². The van der Waals surface area contributed by atoms with Crippen LogP contribution in [-0.4, -0.2) is 25.0 Å². The molecule has 1 heterocycles. The predicted molar refractivity (Wildman–Crippen MR) is 116 cm³/mol. The van der Waals surface area contributed by atoms with E-state index in [0.29, 0.717) is 17.6 Å². The first kappa shape index (κ1) is 21.0. The molecular weight excluding hydrogens is 386 g/mol. The van der Waals surface area contributed by atoms with Crippen LogP contribution in [0.2, 0.25) is 0 Å². The van der Waals surface area contributed by atoms with E-state index < -0.39 is 10.0 Å². The van der Waals surface area contributed by atoms with Crippen LogP contribution >= 0.6 is 0 Å². The molecule has 0 fully saturated rings. The number of unbranched alkanes of at least 4 members (excludes halogenated alkanes) is 3. The molecule has 0 unspecified atom stereocenters. The zero-order valence-electron chi connectivity index (χ0n) is 17.1. The van der Waals surface area contributed by atoms with Gasteiger partial charge in [0.1, 0.15) is 0 Å². The molecule has 0 spiro atoms. The molecule has 0 bridgehead atoms. The van der Waals surface area contributed by atoms with Crippen molar-refractivity contribution in [3.8, 4) is 5.88 Å². The van der Waals surface area contributed by atoms with Crippen LogP contribution in [0.25, 0.3) is 11.0 Å². The topological polar surface area (TPSA) is 81.2 Å². The SMILES string of the molecule is CCCCCCOc1nc2ccccc2nc1NS(=O)(=O)c1ccc(C)c(C)c1. The molecule has 3 rings (SSSR count). The number of para-hydroxylation sites is 2. The monoisotopic (exact) mass is 413 g/mol. The van der Waals surface area contributed by atoms with Crippen LogP contribution in [0.15, 0.2) is 47.4 Å². The summed E-state index contributed by atoms with van der Waals surface area (Å²) in [7, 11) is -3.82. The number of aryl methyl sites for hydroxylation is 2. The van der Waals surface area contributed by atoms with Gasteiger partial charge in [0.15, 0.2) is 0 Å². The molecule has 0 radical (unpaired) electrons. The number of nitrogens with one attached hydrogen (secondary N) is 1. The summed E-state index contributed by atoms with van der Waals surface area (Å²) in [4.78, 5) is 9.14. The highest BCUT2D eigenvalue weighted by atomic mass is 32.2. The van der Waals surface area contributed by atoms with Crippen molar-refractivity contribution in [1.29, 1.82) is 0 Å². The smallest absolute Gasteiger partial charge is 0.263 e. The lowest BCUT2D eigenvalue weighted by Crippen LogP contribution is -2.16. The van der Waals surface area contributed by atoms with Gasteiger partial charge in [0.25, 0.3) is 15.9 Å². The minimum absolute atomic E-state index is 0.109. The third kappa shape index (κ3) is 5.23. The third-order valence-corrected chi connectivity index (χ3v) is 6.13. The fourth-order valence-electron chi connectivity index (χ4n) is 2.92. The lowest BCUT2D eigenvalue weighted by molar-refractivity contribution is 0.295. The van der Waals surface area contributed by atoms with Gasteiger partial charge in [-0.15, -0.1) is 0 Å². The van der Waals surface area contributed by atoms with Crippen LogP contribution in [0.5, 0.6) is 5.88 Å². The first-order chi connectivity index (χ1) is 13.9. The van der Waals surface area contributed by atoms with Gasteiger partial charge >= 0.3 is 0 Å². The Labute approximate surface area is 172 Å². The second-order valence-electron chi connectivity index (χ2n) is 7.13. The van der Waals surface area contributed by atoms with Crippen molar-refractivity contribution < 1.29 is 13.2 Å². The first-order valence-electron chi connectivity index (χ1n) is 9.90. The summed E-state index contributed by atoms with van der Waals surface area (Å²) in [5.41, 5.74) is 3.20. The maximum atomic E-state index is 12.9. The highest BCUT2D eigenvalue weighted by Crippen LogP contribution is 2.27. The summed E-state index contributed by atoms with van der Waals surface area (Å²) >= 11 is 0. The zero-order valence-corrected chi connectivity index (χ0v) is 17.9. The Morgan fingerprint density at radius 1 is 0.931 bits per heavy atom. The van der Waals surface area contributed by atoms with E-state index in [-0.39, 0.29) is 16.6 Å². The molecule has 0 saturated heterocycles. The van der Waals surface area contributed by atoms with E-state index in [0.717, 1.165) is 36.8 Å². The van der Waals surface area contributed by atoms with Crippen LogP contribution in [0, 0.1) is 13.8 Å². The van der Waals surface area contributed by atoms with E-state index in [1.165, 1.54) is 0 Å². The van der Waals surface area contributed by atoms with E-state index >= 15 is 0 Å². The Kier molecular flexibility index (Phi) is 6.69. The number of sulfonamides is 1. The van der Waals surface area contributed by atoms with E-state index in [1.54, 1.807) is 24.3 Å². The molecule has 2 aromatic carbocycles. The molecule has 0 aliphatic rings. The minimum atomic E-state index is -3.82. The second kappa shape index (κ2) is 9.22. The van der Waals surface area contributed by atoms with E-state index in [9.17, 15) is 8.42 Å². The summed E-state index contributed by atoms with van der Waals surface area (Å²) in [6.45, 7) is 6.44. The predicted octanol–water partition coefficient (Wildman–Crippen LogP) is 5.01. The van der Waals surface area contributed by atoms with Crippen molar-refractivity contribution in [2.24, 2.45) is 0 Å². The summed E-state index contributed by atoms with van der Waals surface area (Å²) in [6, 6.07) is 12.4. The van der Waals surface area contributed by atoms with Crippen LogP contribution in [0.1, 0.15) is 43.7 Å².